The molecule has 0 radical (unpaired) electrons. The maximum absolute atomic E-state index is 12.0. The molecule has 0 amide bonds. The van der Waals surface area contributed by atoms with Crippen molar-refractivity contribution in [2.45, 2.75) is 19.8 Å². The van der Waals surface area contributed by atoms with Gasteiger partial charge in [-0.15, -0.1) is 0 Å². The molecule has 3 aromatic rings. The van der Waals surface area contributed by atoms with E-state index < -0.39 is 5.97 Å². The van der Waals surface area contributed by atoms with Crippen LogP contribution in [0.25, 0.3) is 16.9 Å². The third-order valence-corrected chi connectivity index (χ3v) is 4.40. The smallest absolute Gasteiger partial charge is 0.339 e. The van der Waals surface area contributed by atoms with Gasteiger partial charge in [0.2, 0.25) is 0 Å². The number of benzene rings is 2. The Bertz CT molecular complexity index is 921. The van der Waals surface area contributed by atoms with Gasteiger partial charge >= 0.3 is 5.97 Å². The van der Waals surface area contributed by atoms with E-state index in [4.69, 9.17) is 23.2 Å². The Morgan fingerprint density at radius 3 is 2.52 bits per heavy atom. The molecule has 0 fully saturated rings. The Balaban J connectivity index is 2.36. The highest BCUT2D eigenvalue weighted by Crippen LogP contribution is 2.33. The minimum absolute atomic E-state index is 0.198. The fourth-order valence-corrected chi connectivity index (χ4v) is 3.15. The summed E-state index contributed by atoms with van der Waals surface area (Å²) in [6.07, 6.45) is 1.35. The number of hydrogen-bond acceptors (Lipinski definition) is 2. The van der Waals surface area contributed by atoms with Crippen LogP contribution in [0.2, 0.25) is 10.0 Å². The van der Waals surface area contributed by atoms with Crippen molar-refractivity contribution in [2.24, 2.45) is 0 Å². The number of hydrogen-bond donors (Lipinski definition) is 1. The molecule has 0 saturated carbocycles. The number of carboxylic acid groups (broad SMARTS) is 1. The summed E-state index contributed by atoms with van der Waals surface area (Å²) in [6.45, 7) is 1.99. The first-order valence-electron chi connectivity index (χ1n) is 7.89. The molecule has 0 spiro atoms. The number of aromatic carboxylic acids is 1. The lowest BCUT2D eigenvalue weighted by atomic mass is 10.0. The van der Waals surface area contributed by atoms with E-state index in [0.717, 1.165) is 12.0 Å². The second-order valence-electron chi connectivity index (χ2n) is 5.60. The lowest BCUT2D eigenvalue weighted by Gasteiger charge is -2.11. The molecule has 0 aliphatic rings. The Kier molecular flexibility index (Phi) is 5.11. The maximum atomic E-state index is 12.0. The minimum Gasteiger partial charge on any atom is -0.478 e. The summed E-state index contributed by atoms with van der Waals surface area (Å²) in [5.74, 6) is -1.01. The molecule has 0 bridgehead atoms. The lowest BCUT2D eigenvalue weighted by Crippen LogP contribution is -2.04. The van der Waals surface area contributed by atoms with Gasteiger partial charge in [-0.25, -0.2) is 9.48 Å². The van der Waals surface area contributed by atoms with E-state index in [2.05, 4.69) is 5.10 Å². The molecule has 0 saturated heterocycles. The van der Waals surface area contributed by atoms with E-state index in [1.165, 1.54) is 0 Å². The first-order chi connectivity index (χ1) is 12.0. The molecule has 4 nitrogen and oxygen atoms in total. The minimum atomic E-state index is -1.01. The Hall–Kier alpha value is -2.30. The monoisotopic (exact) mass is 374 g/mol. The molecule has 0 aliphatic heterocycles. The molecular weight excluding hydrogens is 359 g/mol. The summed E-state index contributed by atoms with van der Waals surface area (Å²) in [5, 5.41) is 15.3. The van der Waals surface area contributed by atoms with Gasteiger partial charge in [0.1, 0.15) is 5.56 Å². The number of nitrogens with zero attached hydrogens (tertiary/aromatic N) is 2. The molecule has 2 aromatic carbocycles. The van der Waals surface area contributed by atoms with Gasteiger partial charge in [0.05, 0.1) is 22.1 Å². The highest BCUT2D eigenvalue weighted by molar-refractivity contribution is 6.34. The van der Waals surface area contributed by atoms with Gasteiger partial charge in [0, 0.05) is 10.6 Å². The molecular formula is C19H16Cl2N2O2. The lowest BCUT2D eigenvalue weighted by molar-refractivity contribution is 0.0696. The van der Waals surface area contributed by atoms with E-state index in [1.54, 1.807) is 22.9 Å². The Labute approximate surface area is 155 Å². The summed E-state index contributed by atoms with van der Waals surface area (Å²) in [5.41, 5.74) is 2.54. The second-order valence-corrected chi connectivity index (χ2v) is 6.44. The molecule has 0 atom stereocenters. The van der Waals surface area contributed by atoms with E-state index in [-0.39, 0.29) is 5.56 Å². The summed E-state index contributed by atoms with van der Waals surface area (Å²) in [6, 6.07) is 14.4. The van der Waals surface area contributed by atoms with Crippen LogP contribution in [-0.4, -0.2) is 20.9 Å². The third kappa shape index (κ3) is 3.41. The van der Waals surface area contributed by atoms with Gasteiger partial charge in [-0.05, 0) is 24.6 Å². The fraction of sp³-hybridized carbons (Fsp3) is 0.158. The van der Waals surface area contributed by atoms with E-state index in [9.17, 15) is 9.90 Å². The Morgan fingerprint density at radius 2 is 1.88 bits per heavy atom. The predicted octanol–water partition coefficient (Wildman–Crippen LogP) is 5.50. The molecule has 1 aromatic heterocycles. The summed E-state index contributed by atoms with van der Waals surface area (Å²) in [4.78, 5) is 12.0. The van der Waals surface area contributed by atoms with Crippen molar-refractivity contribution in [1.82, 2.24) is 9.78 Å². The van der Waals surface area contributed by atoms with Crippen molar-refractivity contribution in [1.29, 1.82) is 0 Å². The van der Waals surface area contributed by atoms with Crippen LogP contribution < -0.4 is 0 Å². The van der Waals surface area contributed by atoms with Crippen molar-refractivity contribution >= 4 is 29.2 Å². The molecule has 1 N–H and O–H groups in total. The predicted molar refractivity (Wildman–Crippen MR) is 100.0 cm³/mol. The third-order valence-electron chi connectivity index (χ3n) is 3.84. The van der Waals surface area contributed by atoms with Crippen molar-refractivity contribution in [3.8, 4) is 16.9 Å². The van der Waals surface area contributed by atoms with Gasteiger partial charge in [0.15, 0.2) is 0 Å². The van der Waals surface area contributed by atoms with Crippen molar-refractivity contribution < 1.29 is 9.90 Å². The van der Waals surface area contributed by atoms with Gasteiger partial charge < -0.3 is 5.11 Å². The van der Waals surface area contributed by atoms with Crippen molar-refractivity contribution in [3.05, 3.63) is 69.8 Å². The molecule has 25 heavy (non-hydrogen) atoms. The largest absolute Gasteiger partial charge is 0.478 e. The summed E-state index contributed by atoms with van der Waals surface area (Å²) < 4.78 is 1.58. The SMILES string of the molecule is CCCc1nn(-c2cc(Cl)ccc2Cl)c(-c2ccccc2)c1C(=O)O. The first-order valence-corrected chi connectivity index (χ1v) is 8.64. The number of aromatic nitrogens is 2. The van der Waals surface area contributed by atoms with Gasteiger partial charge in [0.25, 0.3) is 0 Å². The second kappa shape index (κ2) is 7.30. The van der Waals surface area contributed by atoms with E-state index in [0.29, 0.717) is 33.5 Å². The fourth-order valence-electron chi connectivity index (χ4n) is 2.78. The van der Waals surface area contributed by atoms with E-state index >= 15 is 0 Å². The highest BCUT2D eigenvalue weighted by atomic mass is 35.5. The number of aryl methyl sites for hydroxylation is 1. The Morgan fingerprint density at radius 1 is 1.16 bits per heavy atom. The standard InChI is InChI=1S/C19H16Cl2N2O2/c1-2-6-15-17(19(24)25)18(12-7-4-3-5-8-12)23(22-15)16-11-13(20)9-10-14(16)21/h3-5,7-11H,2,6H2,1H3,(H,24,25). The molecule has 0 unspecified atom stereocenters. The average Bonchev–Trinajstić information content (AvgIpc) is 2.97. The zero-order valence-electron chi connectivity index (χ0n) is 13.5. The molecule has 1 heterocycles. The normalized spacial score (nSPS) is 10.8. The van der Waals surface area contributed by atoms with Gasteiger partial charge in [-0.2, -0.15) is 5.10 Å². The van der Waals surface area contributed by atoms with Crippen molar-refractivity contribution in [2.75, 3.05) is 0 Å². The number of carbonyl (C=O) groups is 1. The van der Waals surface area contributed by atoms with Crippen LogP contribution in [0.5, 0.6) is 0 Å². The highest BCUT2D eigenvalue weighted by Gasteiger charge is 2.25. The molecule has 6 heteroatoms. The van der Waals surface area contributed by atoms with Crippen molar-refractivity contribution in [3.63, 3.8) is 0 Å². The van der Waals surface area contributed by atoms with E-state index in [1.807, 2.05) is 37.3 Å². The van der Waals surface area contributed by atoms with Crippen LogP contribution >= 0.6 is 23.2 Å². The molecule has 128 valence electrons. The number of carboxylic acids is 1. The van der Waals surface area contributed by atoms with Crippen LogP contribution in [0, 0.1) is 0 Å². The van der Waals surface area contributed by atoms with Gasteiger partial charge in [-0.3, -0.25) is 0 Å². The van der Waals surface area contributed by atoms with Crippen LogP contribution in [-0.2, 0) is 6.42 Å². The van der Waals surface area contributed by atoms with Gasteiger partial charge in [-0.1, -0.05) is 66.9 Å². The topological polar surface area (TPSA) is 55.1 Å². The van der Waals surface area contributed by atoms with Crippen LogP contribution in [0.15, 0.2) is 48.5 Å². The van der Waals surface area contributed by atoms with Crippen LogP contribution in [0.3, 0.4) is 0 Å². The maximum Gasteiger partial charge on any atom is 0.339 e. The van der Waals surface area contributed by atoms with Crippen LogP contribution in [0.4, 0.5) is 0 Å². The molecule has 3 rings (SSSR count). The first kappa shape index (κ1) is 17.5. The average molecular weight is 375 g/mol. The summed E-state index contributed by atoms with van der Waals surface area (Å²) >= 11 is 12.5. The zero-order valence-corrected chi connectivity index (χ0v) is 15.1. The zero-order chi connectivity index (χ0) is 18.0. The van der Waals surface area contributed by atoms with Crippen LogP contribution in [0.1, 0.15) is 29.4 Å². The number of halogens is 2. The quantitative estimate of drug-likeness (QED) is 0.641. The molecule has 0 aliphatic carbocycles. The number of rotatable bonds is 5. The summed E-state index contributed by atoms with van der Waals surface area (Å²) in [7, 11) is 0.